The van der Waals surface area contributed by atoms with Gasteiger partial charge in [-0.15, -0.1) is 0 Å². The fraction of sp³-hybridized carbons (Fsp3) is 0.323. The highest BCUT2D eigenvalue weighted by Crippen LogP contribution is 2.47. The number of aliphatic hydroxyl groups excluding tert-OH is 1. The number of nitrogens with one attached hydrogen (secondary N) is 1. The number of hydrogen-bond donors (Lipinski definition) is 2. The first-order valence-corrected chi connectivity index (χ1v) is 27.6. The van der Waals surface area contributed by atoms with Crippen molar-refractivity contribution in [3.63, 3.8) is 0 Å². The van der Waals surface area contributed by atoms with E-state index in [-0.39, 0.29) is 86.9 Å². The molecule has 2 aliphatic carbocycles. The maximum atomic E-state index is 15.2. The van der Waals surface area contributed by atoms with Crippen LogP contribution >= 0.6 is 0 Å². The Hall–Kier alpha value is -8.60. The normalized spacial score (nSPS) is 18.1. The van der Waals surface area contributed by atoms with E-state index in [0.717, 1.165) is 62.1 Å². The average Bonchev–Trinajstić information content (AvgIpc) is 4.43. The zero-order chi connectivity index (χ0) is 56.1. The molecule has 3 fully saturated rings. The van der Waals surface area contributed by atoms with Gasteiger partial charge in [-0.25, -0.2) is 9.59 Å². The van der Waals surface area contributed by atoms with Gasteiger partial charge in [0.05, 0.1) is 70.5 Å². The fourth-order valence-corrected chi connectivity index (χ4v) is 12.1. The molecule has 11 rings (SSSR count). The van der Waals surface area contributed by atoms with Crippen LogP contribution in [0.4, 0.5) is 15.3 Å². The summed E-state index contributed by atoms with van der Waals surface area (Å²) < 4.78 is 42.3. The first-order chi connectivity index (χ1) is 39.5. The number of carbonyl (C=O) groups excluding carboxylic acids is 4. The molecular weight excluding hydrogens is 1030 g/mol. The molecule has 81 heavy (non-hydrogen) atoms. The SMILES string of the molecule is C=C1CC(CO)N(C(=O)c2ccc(OCCCCCOc3cc(NC(=O)OCC4c5ccccc5-c5ccccc54)c(C(=O)N4CC(=C)CC4C4OCCN4C(=O)OCC4c5ccccc5-c5ccccc54)cc3OC)c(OC)c2)C1. The van der Waals surface area contributed by atoms with Gasteiger partial charge in [-0.2, -0.15) is 0 Å². The van der Waals surface area contributed by atoms with Crippen molar-refractivity contribution in [1.29, 1.82) is 0 Å². The Morgan fingerprint density at radius 1 is 0.605 bits per heavy atom. The number of benzene rings is 6. The zero-order valence-electron chi connectivity index (χ0n) is 45.6. The van der Waals surface area contributed by atoms with E-state index >= 15 is 4.79 Å². The largest absolute Gasteiger partial charge is 0.493 e. The van der Waals surface area contributed by atoms with Crippen molar-refractivity contribution in [2.24, 2.45) is 0 Å². The number of aliphatic hydroxyl groups is 1. The molecule has 5 aliphatic rings. The maximum absolute atomic E-state index is 15.2. The molecule has 3 atom stereocenters. The van der Waals surface area contributed by atoms with Gasteiger partial charge in [0.15, 0.2) is 29.2 Å². The molecule has 0 spiro atoms. The highest BCUT2D eigenvalue weighted by Gasteiger charge is 2.46. The monoisotopic (exact) mass is 1090 g/mol. The lowest BCUT2D eigenvalue weighted by Crippen LogP contribution is -2.51. The highest BCUT2D eigenvalue weighted by atomic mass is 16.6. The van der Waals surface area contributed by atoms with E-state index < -0.39 is 30.4 Å². The Bertz CT molecular complexity index is 3310. The Kier molecular flexibility index (Phi) is 16.1. The van der Waals surface area contributed by atoms with Gasteiger partial charge in [-0.05, 0) is 101 Å². The number of hydrogen-bond acceptors (Lipinski definition) is 12. The van der Waals surface area contributed by atoms with Crippen LogP contribution in [0.5, 0.6) is 23.0 Å². The zero-order valence-corrected chi connectivity index (χ0v) is 45.6. The van der Waals surface area contributed by atoms with Crippen LogP contribution < -0.4 is 24.3 Å². The van der Waals surface area contributed by atoms with Crippen molar-refractivity contribution in [3.05, 3.63) is 185 Å². The molecule has 3 saturated heterocycles. The Morgan fingerprint density at radius 3 is 1.74 bits per heavy atom. The van der Waals surface area contributed by atoms with Crippen LogP contribution in [0.1, 0.15) is 86.9 Å². The number of rotatable bonds is 19. The molecule has 418 valence electrons. The number of methoxy groups -OCH3 is 2. The molecule has 0 saturated carbocycles. The fourth-order valence-electron chi connectivity index (χ4n) is 12.1. The van der Waals surface area contributed by atoms with Crippen molar-refractivity contribution in [2.75, 3.05) is 78.8 Å². The van der Waals surface area contributed by atoms with E-state index in [1.807, 2.05) is 60.7 Å². The Labute approximate surface area is 471 Å². The first kappa shape index (κ1) is 54.4. The lowest BCUT2D eigenvalue weighted by atomic mass is 9.98. The summed E-state index contributed by atoms with van der Waals surface area (Å²) in [5.41, 5.74) is 11.1. The number of fused-ring (bicyclic) bond motifs is 6. The Balaban J connectivity index is 0.772. The Morgan fingerprint density at radius 2 is 1.15 bits per heavy atom. The molecule has 16 nitrogen and oxygen atoms in total. The van der Waals surface area contributed by atoms with Crippen LogP contribution in [0, 0.1) is 0 Å². The van der Waals surface area contributed by atoms with Gasteiger partial charge in [-0.1, -0.05) is 121 Å². The third-order valence-corrected chi connectivity index (χ3v) is 16.0. The number of amides is 4. The molecular formula is C65H66N4O12. The van der Waals surface area contributed by atoms with Crippen LogP contribution in [0.15, 0.2) is 152 Å². The minimum atomic E-state index is -0.835. The number of unbranched alkanes of at least 4 members (excludes halogenated alkanes) is 2. The predicted molar refractivity (Wildman–Crippen MR) is 305 cm³/mol. The van der Waals surface area contributed by atoms with Crippen molar-refractivity contribution in [1.82, 2.24) is 14.7 Å². The van der Waals surface area contributed by atoms with Crippen LogP contribution in [0.2, 0.25) is 0 Å². The van der Waals surface area contributed by atoms with Gasteiger partial charge in [-0.3, -0.25) is 19.8 Å². The van der Waals surface area contributed by atoms with Crippen LogP contribution in [-0.4, -0.2) is 136 Å². The van der Waals surface area contributed by atoms with Crippen LogP contribution in [-0.2, 0) is 14.2 Å². The van der Waals surface area contributed by atoms with Gasteiger partial charge < -0.3 is 48.1 Å². The lowest BCUT2D eigenvalue weighted by Gasteiger charge is -2.33. The molecule has 2 N–H and O–H groups in total. The van der Waals surface area contributed by atoms with Crippen molar-refractivity contribution in [3.8, 4) is 45.3 Å². The van der Waals surface area contributed by atoms with E-state index in [9.17, 15) is 19.5 Å². The molecule has 16 heteroatoms. The smallest absolute Gasteiger partial charge is 0.412 e. The summed E-state index contributed by atoms with van der Waals surface area (Å²) in [4.78, 5) is 61.5. The number of anilines is 1. The third-order valence-electron chi connectivity index (χ3n) is 16.0. The van der Waals surface area contributed by atoms with Crippen molar-refractivity contribution < 1.29 is 57.4 Å². The van der Waals surface area contributed by atoms with E-state index in [4.69, 9.17) is 33.2 Å². The molecule has 4 amide bonds. The summed E-state index contributed by atoms with van der Waals surface area (Å²) in [6, 6.07) is 39.8. The second kappa shape index (κ2) is 24.0. The summed E-state index contributed by atoms with van der Waals surface area (Å²) in [7, 11) is 3.00. The maximum Gasteiger partial charge on any atom is 0.412 e. The number of likely N-dealkylation sites (tertiary alicyclic amines) is 2. The van der Waals surface area contributed by atoms with E-state index in [1.165, 1.54) is 14.2 Å². The summed E-state index contributed by atoms with van der Waals surface area (Å²) >= 11 is 0. The number of carbonyl (C=O) groups is 4. The molecule has 0 aromatic heterocycles. The molecule has 0 bridgehead atoms. The average molecular weight is 1100 g/mol. The standard InChI is InChI=1S/C65H66N4O12/c1-40-30-43(37-70)68(35-40)61(71)42-24-25-57(58(32-42)75-3)77-27-14-5-15-28-78-60-34-55(66-64(73)80-38-53-48-20-10-6-16-44(48)45-17-7-11-21-49(45)53)52(33-59(60)76-4)62(72)69-36-41(2)31-56(69)63-67(26-29-79-63)65(74)81-39-54-50-22-12-8-18-46(50)47-19-9-13-23-51(47)54/h6-13,16-25,32-34,43,53-54,56,63,70H,1-2,5,14-15,26-31,35-39H2,3-4H3,(H,66,73). The first-order valence-electron chi connectivity index (χ1n) is 27.6. The van der Waals surface area contributed by atoms with Crippen LogP contribution in [0.25, 0.3) is 22.3 Å². The minimum Gasteiger partial charge on any atom is -0.493 e. The second-order valence-electron chi connectivity index (χ2n) is 21.1. The third kappa shape index (κ3) is 11.1. The summed E-state index contributed by atoms with van der Waals surface area (Å²) in [5, 5.41) is 12.7. The molecule has 3 heterocycles. The number of nitrogens with zero attached hydrogens (tertiary/aromatic N) is 3. The van der Waals surface area contributed by atoms with Crippen LogP contribution in [0.3, 0.4) is 0 Å². The number of ether oxygens (including phenoxy) is 7. The lowest BCUT2D eigenvalue weighted by molar-refractivity contribution is -0.0211. The summed E-state index contributed by atoms with van der Waals surface area (Å²) in [6.07, 6.45) is 0.810. The van der Waals surface area contributed by atoms with Gasteiger partial charge >= 0.3 is 12.2 Å². The van der Waals surface area contributed by atoms with Crippen molar-refractivity contribution in [2.45, 2.75) is 62.3 Å². The molecule has 3 aliphatic heterocycles. The van der Waals surface area contributed by atoms with E-state index in [1.54, 1.807) is 45.0 Å². The molecule has 6 aromatic rings. The van der Waals surface area contributed by atoms with Gasteiger partial charge in [0.1, 0.15) is 13.2 Å². The van der Waals surface area contributed by atoms with Crippen molar-refractivity contribution >= 4 is 29.7 Å². The highest BCUT2D eigenvalue weighted by molar-refractivity contribution is 6.04. The van der Waals surface area contributed by atoms with E-state index in [2.05, 4.69) is 54.9 Å². The topological polar surface area (TPSA) is 175 Å². The quantitative estimate of drug-likeness (QED) is 0.0581. The minimum absolute atomic E-state index is 0.0459. The molecule has 6 aromatic carbocycles. The van der Waals surface area contributed by atoms with E-state index in [0.29, 0.717) is 61.6 Å². The van der Waals surface area contributed by atoms with Gasteiger partial charge in [0.25, 0.3) is 11.8 Å². The van der Waals surface area contributed by atoms with Gasteiger partial charge in [0.2, 0.25) is 0 Å². The van der Waals surface area contributed by atoms with Gasteiger partial charge in [0, 0.05) is 36.6 Å². The predicted octanol–water partition coefficient (Wildman–Crippen LogP) is 10.8. The molecule has 3 unspecified atom stereocenters. The molecule has 0 radical (unpaired) electrons. The summed E-state index contributed by atoms with van der Waals surface area (Å²) in [5.74, 6) is 0.483. The summed E-state index contributed by atoms with van der Waals surface area (Å²) in [6.45, 7) is 10.0. The second-order valence-corrected chi connectivity index (χ2v) is 21.1.